The molecule has 2 rings (SSSR count). The van der Waals surface area contributed by atoms with Crippen molar-refractivity contribution in [1.29, 1.82) is 0 Å². The van der Waals surface area contributed by atoms with Gasteiger partial charge in [-0.15, -0.1) is 0 Å². The van der Waals surface area contributed by atoms with Gasteiger partial charge in [0.2, 0.25) is 0 Å². The monoisotopic (exact) mass is 407 g/mol. The van der Waals surface area contributed by atoms with Crippen LogP contribution < -0.4 is 4.74 Å². The molecular formula is C20H25NO4S2. The van der Waals surface area contributed by atoms with E-state index < -0.39 is 0 Å². The number of carbonyl (C=O) groups excluding carboxylic acids is 2. The number of amides is 1. The third-order valence-electron chi connectivity index (χ3n) is 3.86. The predicted molar refractivity (Wildman–Crippen MR) is 113 cm³/mol. The van der Waals surface area contributed by atoms with E-state index in [0.29, 0.717) is 35.4 Å². The van der Waals surface area contributed by atoms with Crippen molar-refractivity contribution in [3.8, 4) is 5.75 Å². The van der Waals surface area contributed by atoms with Gasteiger partial charge in [0.05, 0.1) is 18.1 Å². The summed E-state index contributed by atoms with van der Waals surface area (Å²) in [6.45, 7) is 5.36. The van der Waals surface area contributed by atoms with Crippen molar-refractivity contribution in [1.82, 2.24) is 4.90 Å². The third kappa shape index (κ3) is 6.66. The average molecular weight is 408 g/mol. The topological polar surface area (TPSA) is 55.8 Å². The van der Waals surface area contributed by atoms with E-state index in [4.69, 9.17) is 21.7 Å². The van der Waals surface area contributed by atoms with Crippen LogP contribution in [0.25, 0.3) is 6.08 Å². The molecule has 1 heterocycles. The third-order valence-corrected chi connectivity index (χ3v) is 5.24. The van der Waals surface area contributed by atoms with Gasteiger partial charge in [0, 0.05) is 13.0 Å². The molecule has 27 heavy (non-hydrogen) atoms. The highest BCUT2D eigenvalue weighted by atomic mass is 32.2. The van der Waals surface area contributed by atoms with Crippen molar-refractivity contribution in [3.63, 3.8) is 0 Å². The van der Waals surface area contributed by atoms with Crippen LogP contribution in [-0.4, -0.2) is 40.9 Å². The predicted octanol–water partition coefficient (Wildman–Crippen LogP) is 4.41. The minimum Gasteiger partial charge on any atom is -0.494 e. The number of nitrogens with zero attached hydrogens (tertiary/aromatic N) is 1. The van der Waals surface area contributed by atoms with Crippen LogP contribution in [-0.2, 0) is 14.3 Å². The van der Waals surface area contributed by atoms with Crippen molar-refractivity contribution >= 4 is 46.3 Å². The highest BCUT2D eigenvalue weighted by Crippen LogP contribution is 2.33. The van der Waals surface area contributed by atoms with Crippen molar-refractivity contribution in [2.75, 3.05) is 19.8 Å². The molecule has 0 N–H and O–H groups in total. The number of thioether (sulfide) groups is 1. The lowest BCUT2D eigenvalue weighted by Crippen LogP contribution is -2.29. The molecule has 7 heteroatoms. The van der Waals surface area contributed by atoms with Crippen LogP contribution in [0.15, 0.2) is 29.2 Å². The van der Waals surface area contributed by atoms with Gasteiger partial charge in [-0.25, -0.2) is 0 Å². The fraction of sp³-hybridized carbons (Fsp3) is 0.450. The number of benzene rings is 1. The van der Waals surface area contributed by atoms with E-state index in [2.05, 4.69) is 6.92 Å². The smallest absolute Gasteiger partial charge is 0.305 e. The quantitative estimate of drug-likeness (QED) is 0.248. The summed E-state index contributed by atoms with van der Waals surface area (Å²) in [5.74, 6) is 0.423. The summed E-state index contributed by atoms with van der Waals surface area (Å²) in [6, 6.07) is 7.67. The second-order valence-electron chi connectivity index (χ2n) is 6.02. The number of rotatable bonds is 10. The van der Waals surface area contributed by atoms with Gasteiger partial charge < -0.3 is 9.47 Å². The van der Waals surface area contributed by atoms with Crippen molar-refractivity contribution in [3.05, 3.63) is 34.7 Å². The molecule has 0 spiro atoms. The van der Waals surface area contributed by atoms with E-state index in [9.17, 15) is 9.59 Å². The van der Waals surface area contributed by atoms with Gasteiger partial charge in [-0.2, -0.15) is 0 Å². The van der Waals surface area contributed by atoms with Gasteiger partial charge in [-0.3, -0.25) is 14.5 Å². The van der Waals surface area contributed by atoms with E-state index in [1.165, 1.54) is 11.8 Å². The summed E-state index contributed by atoms with van der Waals surface area (Å²) >= 11 is 6.61. The lowest BCUT2D eigenvalue weighted by molar-refractivity contribution is -0.143. The average Bonchev–Trinajstić information content (AvgIpc) is 2.90. The fourth-order valence-electron chi connectivity index (χ4n) is 2.49. The van der Waals surface area contributed by atoms with E-state index in [-0.39, 0.29) is 18.3 Å². The number of carbonyl (C=O) groups is 2. The normalized spacial score (nSPS) is 15.5. The van der Waals surface area contributed by atoms with Crippen molar-refractivity contribution in [2.24, 2.45) is 0 Å². The summed E-state index contributed by atoms with van der Waals surface area (Å²) in [4.78, 5) is 26.2. The van der Waals surface area contributed by atoms with Crippen molar-refractivity contribution < 1.29 is 19.1 Å². The highest BCUT2D eigenvalue weighted by molar-refractivity contribution is 8.26. The molecule has 1 aliphatic heterocycles. The second kappa shape index (κ2) is 11.1. The molecule has 0 saturated carbocycles. The molecule has 0 bridgehead atoms. The zero-order chi connectivity index (χ0) is 19.6. The summed E-state index contributed by atoms with van der Waals surface area (Å²) < 4.78 is 11.1. The first-order valence-electron chi connectivity index (χ1n) is 9.19. The highest BCUT2D eigenvalue weighted by Gasteiger charge is 2.31. The molecule has 0 aromatic heterocycles. The molecule has 0 atom stereocenters. The van der Waals surface area contributed by atoms with Crippen molar-refractivity contribution in [2.45, 2.75) is 39.5 Å². The standard InChI is InChI=1S/C20H25NO4S2/c1-3-5-12-25-16-9-6-8-15(13-16)14-17-19(23)21(20(26)27-17)11-7-10-18(22)24-4-2/h6,8-9,13-14H,3-5,7,10-12H2,1-2H3/b17-14+. The van der Waals surface area contributed by atoms with Crippen LogP contribution in [0.3, 0.4) is 0 Å². The lowest BCUT2D eigenvalue weighted by Gasteiger charge is -2.13. The molecular weight excluding hydrogens is 382 g/mol. The Hall–Kier alpha value is -1.86. The summed E-state index contributed by atoms with van der Waals surface area (Å²) in [5, 5.41) is 0. The summed E-state index contributed by atoms with van der Waals surface area (Å²) in [6.07, 6.45) is 4.73. The molecule has 0 radical (unpaired) electrons. The maximum atomic E-state index is 12.6. The van der Waals surface area contributed by atoms with E-state index in [1.807, 2.05) is 30.3 Å². The number of esters is 1. The zero-order valence-electron chi connectivity index (χ0n) is 15.7. The molecule has 5 nitrogen and oxygen atoms in total. The molecule has 1 amide bonds. The van der Waals surface area contributed by atoms with Gasteiger partial charge in [0.15, 0.2) is 0 Å². The van der Waals surface area contributed by atoms with Crippen LogP contribution >= 0.6 is 24.0 Å². The first-order chi connectivity index (χ1) is 13.0. The van der Waals surface area contributed by atoms with Gasteiger partial charge in [0.25, 0.3) is 5.91 Å². The molecule has 1 aromatic rings. The number of hydrogen-bond donors (Lipinski definition) is 0. The van der Waals surface area contributed by atoms with E-state index in [1.54, 1.807) is 11.8 Å². The minimum atomic E-state index is -0.252. The van der Waals surface area contributed by atoms with Crippen LogP contribution in [0.4, 0.5) is 0 Å². The van der Waals surface area contributed by atoms with E-state index >= 15 is 0 Å². The Bertz CT molecular complexity index is 718. The Labute approximate surface area is 170 Å². The zero-order valence-corrected chi connectivity index (χ0v) is 17.4. The maximum Gasteiger partial charge on any atom is 0.305 e. The largest absolute Gasteiger partial charge is 0.494 e. The fourth-order valence-corrected chi connectivity index (χ4v) is 3.80. The SMILES string of the molecule is CCCCOc1cccc(/C=C2/SC(=S)N(CCCC(=O)OCC)C2=O)c1. The summed E-state index contributed by atoms with van der Waals surface area (Å²) in [7, 11) is 0. The Kier molecular flexibility index (Phi) is 8.81. The molecule has 1 fully saturated rings. The molecule has 146 valence electrons. The Morgan fingerprint density at radius 3 is 2.85 bits per heavy atom. The van der Waals surface area contributed by atoms with E-state index in [0.717, 1.165) is 24.2 Å². The Morgan fingerprint density at radius 2 is 2.11 bits per heavy atom. The molecule has 1 aromatic carbocycles. The first-order valence-corrected chi connectivity index (χ1v) is 10.4. The molecule has 0 unspecified atom stereocenters. The second-order valence-corrected chi connectivity index (χ2v) is 7.69. The number of ether oxygens (including phenoxy) is 2. The van der Waals surface area contributed by atoms with Crippen LogP contribution in [0.5, 0.6) is 5.75 Å². The van der Waals surface area contributed by atoms with Gasteiger partial charge in [-0.1, -0.05) is 49.5 Å². The molecule has 1 aliphatic rings. The summed E-state index contributed by atoms with van der Waals surface area (Å²) in [5.41, 5.74) is 0.899. The molecule has 0 aliphatic carbocycles. The van der Waals surface area contributed by atoms with Crippen LogP contribution in [0.2, 0.25) is 0 Å². The lowest BCUT2D eigenvalue weighted by atomic mass is 10.2. The van der Waals surface area contributed by atoms with Crippen LogP contribution in [0.1, 0.15) is 45.1 Å². The van der Waals surface area contributed by atoms with Gasteiger partial charge in [0.1, 0.15) is 10.1 Å². The molecule has 1 saturated heterocycles. The number of unbranched alkanes of at least 4 members (excludes halogenated alkanes) is 1. The Morgan fingerprint density at radius 1 is 1.30 bits per heavy atom. The number of thiocarbonyl (C=S) groups is 1. The minimum absolute atomic E-state index is 0.119. The maximum absolute atomic E-state index is 12.6. The first kappa shape index (κ1) is 21.4. The Balaban J connectivity index is 1.97. The number of hydrogen-bond acceptors (Lipinski definition) is 6. The van der Waals surface area contributed by atoms with Gasteiger partial charge in [-0.05, 0) is 43.5 Å². The van der Waals surface area contributed by atoms with Crippen LogP contribution in [0, 0.1) is 0 Å². The van der Waals surface area contributed by atoms with Gasteiger partial charge >= 0.3 is 5.97 Å².